The van der Waals surface area contributed by atoms with Gasteiger partial charge in [-0.2, -0.15) is 0 Å². The molecule has 0 amide bonds. The first-order chi connectivity index (χ1) is 10.1. The molecule has 2 aromatic rings. The number of rotatable bonds is 4. The molecule has 0 saturated heterocycles. The second-order valence-electron chi connectivity index (χ2n) is 5.30. The Kier molecular flexibility index (Phi) is 4.27. The average molecular weight is 322 g/mol. The van der Waals surface area contributed by atoms with Crippen LogP contribution in [0.1, 0.15) is 16.7 Å². The van der Waals surface area contributed by atoms with Gasteiger partial charge in [-0.1, -0.05) is 35.3 Å². The molecule has 2 nitrogen and oxygen atoms in total. The van der Waals surface area contributed by atoms with Crippen LogP contribution < -0.4 is 10.1 Å². The lowest BCUT2D eigenvalue weighted by atomic mass is 10.1. The SMILES string of the molecule is Cc1cc(Cl)c(NCCc2ccc3c(c2)CCO3)cc1Cl. The van der Waals surface area contributed by atoms with Crippen LogP contribution in [0, 0.1) is 6.92 Å². The molecule has 1 heterocycles. The molecule has 0 aliphatic carbocycles. The van der Waals surface area contributed by atoms with E-state index in [9.17, 15) is 0 Å². The van der Waals surface area contributed by atoms with E-state index in [4.69, 9.17) is 27.9 Å². The highest BCUT2D eigenvalue weighted by Gasteiger charge is 2.11. The topological polar surface area (TPSA) is 21.3 Å². The number of anilines is 1. The van der Waals surface area contributed by atoms with Crippen molar-refractivity contribution in [2.75, 3.05) is 18.5 Å². The monoisotopic (exact) mass is 321 g/mol. The summed E-state index contributed by atoms with van der Waals surface area (Å²) < 4.78 is 5.52. The van der Waals surface area contributed by atoms with Gasteiger partial charge in [-0.15, -0.1) is 0 Å². The molecule has 1 aliphatic heterocycles. The first-order valence-corrected chi connectivity index (χ1v) is 7.83. The fraction of sp³-hybridized carbons (Fsp3) is 0.294. The van der Waals surface area contributed by atoms with Crippen LogP contribution >= 0.6 is 23.2 Å². The molecule has 1 N–H and O–H groups in total. The molecule has 0 radical (unpaired) electrons. The first kappa shape index (κ1) is 14.6. The van der Waals surface area contributed by atoms with E-state index < -0.39 is 0 Å². The van der Waals surface area contributed by atoms with E-state index in [1.165, 1.54) is 11.1 Å². The zero-order valence-corrected chi connectivity index (χ0v) is 13.4. The normalized spacial score (nSPS) is 12.9. The van der Waals surface area contributed by atoms with Gasteiger partial charge in [-0.3, -0.25) is 0 Å². The van der Waals surface area contributed by atoms with E-state index in [0.29, 0.717) is 5.02 Å². The molecule has 0 spiro atoms. The van der Waals surface area contributed by atoms with E-state index in [1.54, 1.807) is 0 Å². The number of hydrogen-bond acceptors (Lipinski definition) is 2. The molecule has 4 heteroatoms. The van der Waals surface area contributed by atoms with Crippen molar-refractivity contribution < 1.29 is 4.74 Å². The summed E-state index contributed by atoms with van der Waals surface area (Å²) >= 11 is 12.4. The minimum absolute atomic E-state index is 0.708. The van der Waals surface area contributed by atoms with Gasteiger partial charge in [0.15, 0.2) is 0 Å². The van der Waals surface area contributed by atoms with Crippen LogP contribution in [-0.2, 0) is 12.8 Å². The van der Waals surface area contributed by atoms with Crippen LogP contribution in [0.25, 0.3) is 0 Å². The number of fused-ring (bicyclic) bond motifs is 1. The van der Waals surface area contributed by atoms with Crippen LogP contribution in [0.15, 0.2) is 30.3 Å². The summed E-state index contributed by atoms with van der Waals surface area (Å²) in [4.78, 5) is 0. The number of hydrogen-bond donors (Lipinski definition) is 1. The number of halogens is 2. The van der Waals surface area contributed by atoms with Gasteiger partial charge in [0.25, 0.3) is 0 Å². The Morgan fingerprint density at radius 3 is 2.86 bits per heavy atom. The second-order valence-corrected chi connectivity index (χ2v) is 6.11. The van der Waals surface area contributed by atoms with Gasteiger partial charge in [-0.25, -0.2) is 0 Å². The molecule has 0 fully saturated rings. The number of benzene rings is 2. The highest BCUT2D eigenvalue weighted by molar-refractivity contribution is 6.35. The molecular weight excluding hydrogens is 305 g/mol. The zero-order valence-electron chi connectivity index (χ0n) is 11.9. The van der Waals surface area contributed by atoms with E-state index >= 15 is 0 Å². The number of ether oxygens (including phenoxy) is 1. The maximum absolute atomic E-state index is 6.22. The molecular formula is C17H17Cl2NO. The van der Waals surface area contributed by atoms with Gasteiger partial charge in [0.1, 0.15) is 5.75 Å². The van der Waals surface area contributed by atoms with Crippen molar-refractivity contribution in [1.82, 2.24) is 0 Å². The summed E-state index contributed by atoms with van der Waals surface area (Å²) in [5, 5.41) is 4.79. The maximum atomic E-state index is 6.22. The van der Waals surface area contributed by atoms with Crippen molar-refractivity contribution in [3.63, 3.8) is 0 Å². The van der Waals surface area contributed by atoms with Gasteiger partial charge < -0.3 is 10.1 Å². The lowest BCUT2D eigenvalue weighted by molar-refractivity contribution is 0.357. The lowest BCUT2D eigenvalue weighted by Crippen LogP contribution is -2.05. The van der Waals surface area contributed by atoms with Crippen molar-refractivity contribution in [3.8, 4) is 5.75 Å². The molecule has 2 aromatic carbocycles. The Morgan fingerprint density at radius 2 is 2.00 bits per heavy atom. The quantitative estimate of drug-likeness (QED) is 0.865. The predicted octanol–water partition coefficient (Wildman–Crippen LogP) is 4.89. The molecule has 1 aliphatic rings. The Hall–Kier alpha value is -1.38. The highest BCUT2D eigenvalue weighted by Crippen LogP contribution is 2.29. The third kappa shape index (κ3) is 3.28. The Labute approximate surface area is 135 Å². The molecule has 0 atom stereocenters. The summed E-state index contributed by atoms with van der Waals surface area (Å²) in [5.41, 5.74) is 4.49. The smallest absolute Gasteiger partial charge is 0.122 e. The molecule has 0 unspecified atom stereocenters. The van der Waals surface area contributed by atoms with Crippen LogP contribution in [-0.4, -0.2) is 13.2 Å². The van der Waals surface area contributed by atoms with Crippen molar-refractivity contribution >= 4 is 28.9 Å². The fourth-order valence-electron chi connectivity index (χ4n) is 2.52. The molecule has 0 aromatic heterocycles. The van der Waals surface area contributed by atoms with Gasteiger partial charge in [0.2, 0.25) is 0 Å². The van der Waals surface area contributed by atoms with Crippen molar-refractivity contribution in [2.24, 2.45) is 0 Å². The van der Waals surface area contributed by atoms with Crippen LogP contribution in [0.4, 0.5) is 5.69 Å². The zero-order chi connectivity index (χ0) is 14.8. The van der Waals surface area contributed by atoms with Crippen LogP contribution in [0.3, 0.4) is 0 Å². The predicted molar refractivity (Wildman–Crippen MR) is 89.0 cm³/mol. The fourth-order valence-corrected chi connectivity index (χ4v) is 2.97. The Bertz CT molecular complexity index is 670. The Morgan fingerprint density at radius 1 is 1.14 bits per heavy atom. The van der Waals surface area contributed by atoms with E-state index in [1.807, 2.05) is 19.1 Å². The molecule has 3 rings (SSSR count). The minimum atomic E-state index is 0.708. The third-order valence-electron chi connectivity index (χ3n) is 3.73. The molecule has 21 heavy (non-hydrogen) atoms. The third-order valence-corrected chi connectivity index (χ3v) is 4.45. The Balaban J connectivity index is 1.62. The maximum Gasteiger partial charge on any atom is 0.122 e. The molecule has 0 saturated carbocycles. The van der Waals surface area contributed by atoms with Gasteiger partial charge in [-0.05, 0) is 48.2 Å². The summed E-state index contributed by atoms with van der Waals surface area (Å²) in [6.45, 7) is 3.57. The van der Waals surface area contributed by atoms with E-state index in [2.05, 4.69) is 23.5 Å². The molecule has 110 valence electrons. The highest BCUT2D eigenvalue weighted by atomic mass is 35.5. The number of aryl methyl sites for hydroxylation is 1. The average Bonchev–Trinajstić information content (AvgIpc) is 2.92. The standard InChI is InChI=1S/C17H17Cl2NO/c1-11-8-15(19)16(10-14(11)18)20-6-4-12-2-3-17-13(9-12)5-7-21-17/h2-3,8-10,20H,4-7H2,1H3. The van der Waals surface area contributed by atoms with Gasteiger partial charge in [0.05, 0.1) is 17.3 Å². The van der Waals surface area contributed by atoms with Crippen LogP contribution in [0.2, 0.25) is 10.0 Å². The minimum Gasteiger partial charge on any atom is -0.493 e. The van der Waals surface area contributed by atoms with E-state index in [0.717, 1.165) is 48.0 Å². The van der Waals surface area contributed by atoms with E-state index in [-0.39, 0.29) is 0 Å². The lowest BCUT2D eigenvalue weighted by Gasteiger charge is -2.11. The van der Waals surface area contributed by atoms with Crippen molar-refractivity contribution in [2.45, 2.75) is 19.8 Å². The van der Waals surface area contributed by atoms with Crippen LogP contribution in [0.5, 0.6) is 5.75 Å². The summed E-state index contributed by atoms with van der Waals surface area (Å²) in [6.07, 6.45) is 1.95. The second kappa shape index (κ2) is 6.17. The molecule has 0 bridgehead atoms. The van der Waals surface area contributed by atoms with Gasteiger partial charge >= 0.3 is 0 Å². The number of nitrogens with one attached hydrogen (secondary N) is 1. The summed E-state index contributed by atoms with van der Waals surface area (Å²) in [5.74, 6) is 1.03. The summed E-state index contributed by atoms with van der Waals surface area (Å²) in [7, 11) is 0. The largest absolute Gasteiger partial charge is 0.493 e. The first-order valence-electron chi connectivity index (χ1n) is 7.07. The summed E-state index contributed by atoms with van der Waals surface area (Å²) in [6, 6.07) is 10.2. The van der Waals surface area contributed by atoms with Gasteiger partial charge in [0, 0.05) is 18.0 Å². The van der Waals surface area contributed by atoms with Crippen molar-refractivity contribution in [1.29, 1.82) is 0 Å². The van der Waals surface area contributed by atoms with Crippen molar-refractivity contribution in [3.05, 3.63) is 57.1 Å².